The maximum Gasteiger partial charge on any atom is 0.305 e. The van der Waals surface area contributed by atoms with E-state index in [9.17, 15) is 9.59 Å². The molecule has 2 aliphatic heterocycles. The number of cyclic esters (lactones) is 1. The largest absolute Gasteiger partial charge is 0.466 e. The van der Waals surface area contributed by atoms with E-state index in [0.29, 0.717) is 38.4 Å². The van der Waals surface area contributed by atoms with Gasteiger partial charge in [-0.1, -0.05) is 0 Å². The lowest BCUT2D eigenvalue weighted by atomic mass is 10.1. The fourth-order valence-electron chi connectivity index (χ4n) is 2.38. The summed E-state index contributed by atoms with van der Waals surface area (Å²) in [6, 6.07) is 0. The Hall–Kier alpha value is -0.940. The molecule has 0 bridgehead atoms. The van der Waals surface area contributed by atoms with Gasteiger partial charge in [0.1, 0.15) is 5.78 Å². The lowest BCUT2D eigenvalue weighted by Gasteiger charge is -2.06. The van der Waals surface area contributed by atoms with Crippen molar-refractivity contribution in [3.8, 4) is 0 Å². The molecule has 2 saturated heterocycles. The van der Waals surface area contributed by atoms with Crippen LogP contribution in [-0.2, 0) is 19.1 Å². The van der Waals surface area contributed by atoms with Gasteiger partial charge in [0.25, 0.3) is 0 Å². The first kappa shape index (κ1) is 14.5. The molecule has 0 saturated carbocycles. The van der Waals surface area contributed by atoms with Gasteiger partial charge in [-0.15, -0.1) is 0 Å². The zero-order valence-corrected chi connectivity index (χ0v) is 11.4. The van der Waals surface area contributed by atoms with Gasteiger partial charge in [-0.05, 0) is 32.4 Å². The average Bonchev–Trinajstić information content (AvgIpc) is 3.11. The third-order valence-corrected chi connectivity index (χ3v) is 3.60. The van der Waals surface area contributed by atoms with Crippen molar-refractivity contribution < 1.29 is 19.1 Å². The van der Waals surface area contributed by atoms with Gasteiger partial charge in [-0.2, -0.15) is 0 Å². The Morgan fingerprint density at radius 1 is 0.947 bits per heavy atom. The molecule has 0 aromatic carbocycles. The number of carbonyl (C=O) groups excluding carboxylic acids is 2. The van der Waals surface area contributed by atoms with Crippen LogP contribution in [-0.4, -0.2) is 43.7 Å². The van der Waals surface area contributed by atoms with Crippen molar-refractivity contribution in [2.45, 2.75) is 57.2 Å². The van der Waals surface area contributed by atoms with Crippen molar-refractivity contribution in [1.82, 2.24) is 5.32 Å². The van der Waals surface area contributed by atoms with Crippen LogP contribution in [0.4, 0.5) is 0 Å². The number of hydrogen-bond acceptors (Lipinski definition) is 5. The van der Waals surface area contributed by atoms with Crippen LogP contribution in [0.5, 0.6) is 0 Å². The first-order valence-electron chi connectivity index (χ1n) is 7.29. The van der Waals surface area contributed by atoms with E-state index in [0.717, 1.165) is 32.4 Å². The molecule has 0 aromatic rings. The molecule has 2 atom stereocenters. The summed E-state index contributed by atoms with van der Waals surface area (Å²) in [5, 5.41) is 3.33. The summed E-state index contributed by atoms with van der Waals surface area (Å²) in [6.45, 7) is 2.24. The summed E-state index contributed by atoms with van der Waals surface area (Å²) in [4.78, 5) is 23.0. The molecule has 2 aliphatic rings. The zero-order chi connectivity index (χ0) is 13.5. The minimum Gasteiger partial charge on any atom is -0.466 e. The molecule has 1 N–H and O–H groups in total. The second kappa shape index (κ2) is 7.60. The SMILES string of the molecule is O=C1CCCNCCC2OC2CCOC(=O)CCC1. The summed E-state index contributed by atoms with van der Waals surface area (Å²) in [5.74, 6) is 0.0473. The summed E-state index contributed by atoms with van der Waals surface area (Å²) >= 11 is 0. The van der Waals surface area contributed by atoms with Gasteiger partial charge < -0.3 is 14.8 Å². The van der Waals surface area contributed by atoms with Crippen molar-refractivity contribution >= 4 is 11.8 Å². The van der Waals surface area contributed by atoms with Gasteiger partial charge in [0.2, 0.25) is 0 Å². The minimum atomic E-state index is -0.196. The number of carbonyl (C=O) groups is 2. The fourth-order valence-corrected chi connectivity index (χ4v) is 2.38. The predicted molar refractivity (Wildman–Crippen MR) is 69.8 cm³/mol. The second-order valence-electron chi connectivity index (χ2n) is 5.26. The van der Waals surface area contributed by atoms with Crippen molar-refractivity contribution in [2.24, 2.45) is 0 Å². The second-order valence-corrected chi connectivity index (χ2v) is 5.26. The number of hydrogen-bond donors (Lipinski definition) is 1. The molecule has 19 heavy (non-hydrogen) atoms. The molecule has 0 spiro atoms. The molecule has 5 nitrogen and oxygen atoms in total. The number of nitrogens with one attached hydrogen (secondary N) is 1. The van der Waals surface area contributed by atoms with E-state index in [1.54, 1.807) is 0 Å². The number of ketones is 1. The van der Waals surface area contributed by atoms with Crippen LogP contribution < -0.4 is 5.32 Å². The van der Waals surface area contributed by atoms with Gasteiger partial charge in [-0.25, -0.2) is 0 Å². The highest BCUT2D eigenvalue weighted by atomic mass is 16.6. The van der Waals surface area contributed by atoms with Gasteiger partial charge in [0.05, 0.1) is 18.8 Å². The number of rotatable bonds is 0. The Bertz CT molecular complexity index is 319. The highest BCUT2D eigenvalue weighted by Gasteiger charge is 2.37. The highest BCUT2D eigenvalue weighted by Crippen LogP contribution is 2.27. The van der Waals surface area contributed by atoms with Gasteiger partial charge in [0, 0.05) is 25.7 Å². The predicted octanol–water partition coefficient (Wildman–Crippen LogP) is 1.20. The highest BCUT2D eigenvalue weighted by molar-refractivity contribution is 5.79. The number of esters is 1. The first-order chi connectivity index (χ1) is 9.25. The third kappa shape index (κ3) is 5.70. The maximum atomic E-state index is 11.5. The lowest BCUT2D eigenvalue weighted by Crippen LogP contribution is -2.19. The van der Waals surface area contributed by atoms with Crippen LogP contribution in [0.1, 0.15) is 44.9 Å². The van der Waals surface area contributed by atoms with Crippen molar-refractivity contribution in [3.63, 3.8) is 0 Å². The normalized spacial score (nSPS) is 31.4. The van der Waals surface area contributed by atoms with E-state index in [1.807, 2.05) is 0 Å². The monoisotopic (exact) mass is 269 g/mol. The molecule has 2 unspecified atom stereocenters. The number of Topliss-reactive ketones (excluding diaryl/α,β-unsaturated/α-hetero) is 1. The standard InChI is InChI=1S/C14H23NO4/c16-11-3-1-5-14(17)18-10-7-13-12(19-13)6-9-15-8-2-4-11/h12-13,15H,1-10H2. The minimum absolute atomic E-state index is 0.196. The molecule has 2 fully saturated rings. The van der Waals surface area contributed by atoms with Crippen LogP contribution in [0, 0.1) is 0 Å². The molecule has 5 heteroatoms. The Balaban J connectivity index is 1.71. The summed E-state index contributed by atoms with van der Waals surface area (Å²) in [5.41, 5.74) is 0. The Morgan fingerprint density at radius 2 is 1.74 bits per heavy atom. The van der Waals surface area contributed by atoms with Crippen LogP contribution >= 0.6 is 0 Å². The van der Waals surface area contributed by atoms with Crippen molar-refractivity contribution in [1.29, 1.82) is 0 Å². The third-order valence-electron chi connectivity index (χ3n) is 3.60. The molecular weight excluding hydrogens is 246 g/mol. The van der Waals surface area contributed by atoms with Crippen molar-refractivity contribution in [2.75, 3.05) is 19.7 Å². The van der Waals surface area contributed by atoms with E-state index < -0.39 is 0 Å². The van der Waals surface area contributed by atoms with Gasteiger partial charge in [0.15, 0.2) is 0 Å². The molecular formula is C14H23NO4. The molecule has 0 aliphatic carbocycles. The topological polar surface area (TPSA) is 67.9 Å². The molecule has 0 aromatic heterocycles. The fraction of sp³-hybridized carbons (Fsp3) is 0.857. The zero-order valence-electron chi connectivity index (χ0n) is 11.4. The lowest BCUT2D eigenvalue weighted by molar-refractivity contribution is -0.143. The van der Waals surface area contributed by atoms with Gasteiger partial charge >= 0.3 is 5.97 Å². The first-order valence-corrected chi connectivity index (χ1v) is 7.29. The smallest absolute Gasteiger partial charge is 0.305 e. The summed E-state index contributed by atoms with van der Waals surface area (Å²) < 4.78 is 10.6. The van der Waals surface area contributed by atoms with E-state index in [2.05, 4.69) is 5.32 Å². The van der Waals surface area contributed by atoms with Gasteiger partial charge in [-0.3, -0.25) is 9.59 Å². The quantitative estimate of drug-likeness (QED) is 0.528. The number of ether oxygens (including phenoxy) is 2. The average molecular weight is 269 g/mol. The Kier molecular flexibility index (Phi) is 5.79. The molecule has 0 radical (unpaired) electrons. The number of fused-ring (bicyclic) bond motifs is 1. The Morgan fingerprint density at radius 3 is 2.63 bits per heavy atom. The van der Waals surface area contributed by atoms with E-state index in [4.69, 9.17) is 9.47 Å². The number of epoxide rings is 1. The van der Waals surface area contributed by atoms with Crippen molar-refractivity contribution in [3.05, 3.63) is 0 Å². The van der Waals surface area contributed by atoms with Crippen LogP contribution in [0.2, 0.25) is 0 Å². The van der Waals surface area contributed by atoms with E-state index in [-0.39, 0.29) is 17.9 Å². The van der Waals surface area contributed by atoms with Crippen LogP contribution in [0.25, 0.3) is 0 Å². The van der Waals surface area contributed by atoms with Crippen LogP contribution in [0.3, 0.4) is 0 Å². The summed E-state index contributed by atoms with van der Waals surface area (Å²) in [6.07, 6.45) is 5.28. The molecule has 2 heterocycles. The maximum absolute atomic E-state index is 11.5. The van der Waals surface area contributed by atoms with E-state index in [1.165, 1.54) is 0 Å². The molecule has 108 valence electrons. The molecule has 0 amide bonds. The summed E-state index contributed by atoms with van der Waals surface area (Å²) in [7, 11) is 0. The Labute approximate surface area is 114 Å². The molecule has 2 rings (SSSR count). The van der Waals surface area contributed by atoms with Crippen LogP contribution in [0.15, 0.2) is 0 Å². The van der Waals surface area contributed by atoms with E-state index >= 15 is 0 Å².